The number of rotatable bonds is 4. The van der Waals surface area contributed by atoms with Crippen LogP contribution in [0.5, 0.6) is 0 Å². The molecule has 1 aliphatic rings. The number of piperidine rings is 1. The largest absolute Gasteiger partial charge is 0.325 e. The smallest absolute Gasteiger partial charge is 0.238 e. The first kappa shape index (κ1) is 17.5. The van der Waals surface area contributed by atoms with Gasteiger partial charge in [0.2, 0.25) is 5.91 Å². The Morgan fingerprint density at radius 1 is 1.23 bits per heavy atom. The predicted octanol–water partition coefficient (Wildman–Crippen LogP) is 5.12. The summed E-state index contributed by atoms with van der Waals surface area (Å²) in [5, 5.41) is 4.68. The summed E-state index contributed by atoms with van der Waals surface area (Å²) in [4.78, 5) is 19.6. The topological polar surface area (TPSA) is 45.2 Å². The lowest BCUT2D eigenvalue weighted by molar-refractivity contribution is -0.118. The number of hydrogen-bond acceptors (Lipinski definition) is 4. The molecule has 6 heteroatoms. The summed E-state index contributed by atoms with van der Waals surface area (Å²) < 4.78 is 1.21. The van der Waals surface area contributed by atoms with E-state index in [0.717, 1.165) is 35.6 Å². The number of anilines is 1. The normalized spacial score (nSPS) is 18.1. The van der Waals surface area contributed by atoms with Crippen molar-refractivity contribution in [3.8, 4) is 0 Å². The van der Waals surface area contributed by atoms with E-state index in [1.54, 1.807) is 23.5 Å². The maximum atomic E-state index is 12.5. The molecule has 134 valence electrons. The summed E-state index contributed by atoms with van der Waals surface area (Å²) in [6.07, 6.45) is 3.34. The first-order valence-corrected chi connectivity index (χ1v) is 10.0. The average Bonchev–Trinajstić information content (AvgIpc) is 3.06. The average molecular weight is 386 g/mol. The highest BCUT2D eigenvalue weighted by Gasteiger charge is 2.28. The van der Waals surface area contributed by atoms with Gasteiger partial charge in [-0.1, -0.05) is 36.2 Å². The molecule has 1 aromatic heterocycles. The summed E-state index contributed by atoms with van der Waals surface area (Å²) >= 11 is 7.73. The maximum Gasteiger partial charge on any atom is 0.238 e. The Kier molecular flexibility index (Phi) is 5.20. The van der Waals surface area contributed by atoms with Gasteiger partial charge in [0, 0.05) is 10.7 Å². The molecule has 0 radical (unpaired) electrons. The monoisotopic (exact) mass is 385 g/mol. The number of hydrogen-bond donors (Lipinski definition) is 1. The predicted molar refractivity (Wildman–Crippen MR) is 108 cm³/mol. The number of halogens is 1. The van der Waals surface area contributed by atoms with Gasteiger partial charge in [-0.05, 0) is 49.7 Å². The SMILES string of the molecule is O=C(CN1CCCC[C@H]1c1nc2ccccc2s1)Nc1cccc(Cl)c1. The molecule has 1 aliphatic heterocycles. The van der Waals surface area contributed by atoms with Crippen LogP contribution in [-0.2, 0) is 4.79 Å². The number of likely N-dealkylation sites (tertiary alicyclic amines) is 1. The highest BCUT2D eigenvalue weighted by molar-refractivity contribution is 7.18. The number of nitrogens with zero attached hydrogens (tertiary/aromatic N) is 2. The first-order valence-electron chi connectivity index (χ1n) is 8.84. The zero-order valence-corrected chi connectivity index (χ0v) is 15.9. The van der Waals surface area contributed by atoms with Crippen molar-refractivity contribution in [2.75, 3.05) is 18.4 Å². The molecule has 1 atom stereocenters. The minimum absolute atomic E-state index is 0.0136. The molecule has 0 saturated carbocycles. The van der Waals surface area contributed by atoms with Crippen LogP contribution < -0.4 is 5.32 Å². The minimum Gasteiger partial charge on any atom is -0.325 e. The van der Waals surface area contributed by atoms with Gasteiger partial charge in [0.25, 0.3) is 0 Å². The third-order valence-electron chi connectivity index (χ3n) is 4.66. The fourth-order valence-electron chi connectivity index (χ4n) is 3.44. The highest BCUT2D eigenvalue weighted by Crippen LogP contribution is 2.35. The van der Waals surface area contributed by atoms with Crippen molar-refractivity contribution in [1.82, 2.24) is 9.88 Å². The Bertz CT molecular complexity index is 893. The van der Waals surface area contributed by atoms with Crippen LogP contribution in [0.3, 0.4) is 0 Å². The molecule has 1 fully saturated rings. The van der Waals surface area contributed by atoms with E-state index in [4.69, 9.17) is 16.6 Å². The lowest BCUT2D eigenvalue weighted by Gasteiger charge is -2.33. The molecule has 0 spiro atoms. The van der Waals surface area contributed by atoms with E-state index in [0.29, 0.717) is 11.6 Å². The summed E-state index contributed by atoms with van der Waals surface area (Å²) in [7, 11) is 0. The van der Waals surface area contributed by atoms with Gasteiger partial charge in [-0.3, -0.25) is 9.69 Å². The Morgan fingerprint density at radius 2 is 2.12 bits per heavy atom. The van der Waals surface area contributed by atoms with Crippen LogP contribution in [0, 0.1) is 0 Å². The highest BCUT2D eigenvalue weighted by atomic mass is 35.5. The van der Waals surface area contributed by atoms with Gasteiger partial charge < -0.3 is 5.32 Å². The third-order valence-corrected chi connectivity index (χ3v) is 6.04. The molecule has 0 aliphatic carbocycles. The standard InChI is InChI=1S/C20H20ClN3OS/c21-14-6-5-7-15(12-14)22-19(25)13-24-11-4-3-9-17(24)20-23-16-8-1-2-10-18(16)26-20/h1-2,5-8,10,12,17H,3-4,9,11,13H2,(H,22,25)/t17-/m0/s1. The lowest BCUT2D eigenvalue weighted by atomic mass is 10.0. The number of aromatic nitrogens is 1. The van der Waals surface area contributed by atoms with Crippen LogP contribution in [0.15, 0.2) is 48.5 Å². The molecular formula is C20H20ClN3OS. The Labute approximate surface area is 161 Å². The summed E-state index contributed by atoms with van der Waals surface area (Å²) in [5.74, 6) is -0.0136. The summed E-state index contributed by atoms with van der Waals surface area (Å²) in [6.45, 7) is 1.29. The quantitative estimate of drug-likeness (QED) is 0.678. The Morgan fingerprint density at radius 3 is 2.96 bits per heavy atom. The molecule has 1 saturated heterocycles. The van der Waals surface area contributed by atoms with Gasteiger partial charge >= 0.3 is 0 Å². The van der Waals surface area contributed by atoms with E-state index in [1.165, 1.54) is 11.1 Å². The van der Waals surface area contributed by atoms with Crippen LogP contribution in [0.2, 0.25) is 5.02 Å². The van der Waals surface area contributed by atoms with Gasteiger partial charge in [-0.15, -0.1) is 11.3 Å². The molecule has 0 unspecified atom stereocenters. The number of fused-ring (bicyclic) bond motifs is 1. The Hall–Kier alpha value is -1.95. The van der Waals surface area contributed by atoms with Crippen LogP contribution in [0.4, 0.5) is 5.69 Å². The molecule has 4 nitrogen and oxygen atoms in total. The summed E-state index contributed by atoms with van der Waals surface area (Å²) in [5.41, 5.74) is 1.78. The molecule has 4 rings (SSSR count). The van der Waals surface area contributed by atoms with Crippen LogP contribution in [0.1, 0.15) is 30.3 Å². The van der Waals surface area contributed by atoms with Gasteiger partial charge in [0.05, 0.1) is 22.8 Å². The van der Waals surface area contributed by atoms with E-state index in [-0.39, 0.29) is 11.9 Å². The zero-order chi connectivity index (χ0) is 17.9. The second-order valence-corrected chi connectivity index (χ2v) is 8.06. The number of amides is 1. The molecule has 1 amide bonds. The number of thiazole rings is 1. The van der Waals surface area contributed by atoms with E-state index in [9.17, 15) is 4.79 Å². The Balaban J connectivity index is 1.49. The second-order valence-electron chi connectivity index (χ2n) is 6.56. The van der Waals surface area contributed by atoms with Crippen molar-refractivity contribution in [3.63, 3.8) is 0 Å². The van der Waals surface area contributed by atoms with Gasteiger partial charge in [-0.25, -0.2) is 4.98 Å². The molecule has 3 aromatic rings. The van der Waals surface area contributed by atoms with Crippen LogP contribution in [0.25, 0.3) is 10.2 Å². The zero-order valence-electron chi connectivity index (χ0n) is 14.3. The minimum atomic E-state index is -0.0136. The van der Waals surface area contributed by atoms with Crippen molar-refractivity contribution < 1.29 is 4.79 Å². The van der Waals surface area contributed by atoms with E-state index < -0.39 is 0 Å². The maximum absolute atomic E-state index is 12.5. The molecular weight excluding hydrogens is 366 g/mol. The van der Waals surface area contributed by atoms with Crippen molar-refractivity contribution in [2.45, 2.75) is 25.3 Å². The number of benzene rings is 2. The van der Waals surface area contributed by atoms with Crippen molar-refractivity contribution in [1.29, 1.82) is 0 Å². The van der Waals surface area contributed by atoms with E-state index >= 15 is 0 Å². The van der Waals surface area contributed by atoms with Crippen LogP contribution >= 0.6 is 22.9 Å². The molecule has 2 heterocycles. The fraction of sp³-hybridized carbons (Fsp3) is 0.300. The van der Waals surface area contributed by atoms with Gasteiger partial charge in [0.1, 0.15) is 5.01 Å². The fourth-order valence-corrected chi connectivity index (χ4v) is 4.77. The number of carbonyl (C=O) groups excluding carboxylic acids is 1. The van der Waals surface area contributed by atoms with Gasteiger partial charge in [0.15, 0.2) is 0 Å². The van der Waals surface area contributed by atoms with Gasteiger partial charge in [-0.2, -0.15) is 0 Å². The molecule has 26 heavy (non-hydrogen) atoms. The number of nitrogens with one attached hydrogen (secondary N) is 1. The molecule has 1 N–H and O–H groups in total. The third kappa shape index (κ3) is 3.90. The molecule has 2 aromatic carbocycles. The van der Waals surface area contributed by atoms with E-state index in [2.05, 4.69) is 16.3 Å². The van der Waals surface area contributed by atoms with E-state index in [1.807, 2.05) is 30.3 Å². The van der Waals surface area contributed by atoms with Crippen molar-refractivity contribution >= 4 is 44.7 Å². The molecule has 0 bridgehead atoms. The van der Waals surface area contributed by atoms with Crippen LogP contribution in [-0.4, -0.2) is 28.9 Å². The lowest BCUT2D eigenvalue weighted by Crippen LogP contribution is -2.39. The summed E-state index contributed by atoms with van der Waals surface area (Å²) in [6, 6.07) is 15.7. The van der Waals surface area contributed by atoms with Crippen molar-refractivity contribution in [3.05, 3.63) is 58.6 Å². The first-order chi connectivity index (χ1) is 12.7. The number of carbonyl (C=O) groups is 1. The number of para-hydroxylation sites is 1. The van der Waals surface area contributed by atoms with Crippen molar-refractivity contribution in [2.24, 2.45) is 0 Å². The second kappa shape index (κ2) is 7.74.